The third-order valence-electron chi connectivity index (χ3n) is 3.74. The molecule has 1 fully saturated rings. The van der Waals surface area contributed by atoms with E-state index in [0.29, 0.717) is 32.6 Å². The van der Waals surface area contributed by atoms with Crippen molar-refractivity contribution in [3.63, 3.8) is 0 Å². The van der Waals surface area contributed by atoms with Crippen LogP contribution in [0, 0.1) is 5.82 Å². The summed E-state index contributed by atoms with van der Waals surface area (Å²) in [7, 11) is 0. The van der Waals surface area contributed by atoms with Crippen LogP contribution in [0.4, 0.5) is 10.1 Å². The second kappa shape index (κ2) is 7.77. The number of carbonyl (C=O) groups excluding carboxylic acids is 2. The average molecular weight is 307 g/mol. The first kappa shape index (κ1) is 16.3. The second-order valence-corrected chi connectivity index (χ2v) is 5.37. The highest BCUT2D eigenvalue weighted by Crippen LogP contribution is 2.16. The number of piperazine rings is 1. The molecule has 0 unspecified atom stereocenters. The van der Waals surface area contributed by atoms with Gasteiger partial charge in [0.25, 0.3) is 0 Å². The van der Waals surface area contributed by atoms with Gasteiger partial charge in [-0.25, -0.2) is 4.39 Å². The second-order valence-electron chi connectivity index (χ2n) is 5.37. The predicted molar refractivity (Wildman–Crippen MR) is 83.1 cm³/mol. The molecule has 0 atom stereocenters. The lowest BCUT2D eigenvalue weighted by atomic mass is 10.2. The summed E-state index contributed by atoms with van der Waals surface area (Å²) in [6.07, 6.45) is 1.22. The van der Waals surface area contributed by atoms with E-state index >= 15 is 0 Å². The molecule has 2 rings (SSSR count). The van der Waals surface area contributed by atoms with E-state index in [1.165, 1.54) is 12.1 Å². The summed E-state index contributed by atoms with van der Waals surface area (Å²) in [5.74, 6) is -0.385. The van der Waals surface area contributed by atoms with Crippen molar-refractivity contribution in [1.29, 1.82) is 0 Å². The van der Waals surface area contributed by atoms with Crippen molar-refractivity contribution in [3.05, 3.63) is 30.1 Å². The quantitative estimate of drug-likeness (QED) is 0.894. The molecule has 0 radical (unpaired) electrons. The van der Waals surface area contributed by atoms with Gasteiger partial charge in [0.05, 0.1) is 6.54 Å². The van der Waals surface area contributed by atoms with E-state index < -0.39 is 0 Å². The molecular formula is C16H22FN3O2. The van der Waals surface area contributed by atoms with E-state index in [4.69, 9.17) is 0 Å². The molecule has 22 heavy (non-hydrogen) atoms. The molecule has 2 amide bonds. The minimum atomic E-state index is -0.250. The summed E-state index contributed by atoms with van der Waals surface area (Å²) in [5, 5.41) is 2.64. The molecule has 6 heteroatoms. The summed E-state index contributed by atoms with van der Waals surface area (Å²) in [5.41, 5.74) is 0.963. The van der Waals surface area contributed by atoms with Crippen molar-refractivity contribution in [2.45, 2.75) is 19.8 Å². The van der Waals surface area contributed by atoms with Crippen LogP contribution in [0.15, 0.2) is 24.3 Å². The Hall–Kier alpha value is -2.11. The summed E-state index contributed by atoms with van der Waals surface area (Å²) < 4.78 is 12.9. The highest BCUT2D eigenvalue weighted by molar-refractivity contribution is 5.84. The Balaban J connectivity index is 1.78. The van der Waals surface area contributed by atoms with Gasteiger partial charge in [0.2, 0.25) is 11.8 Å². The van der Waals surface area contributed by atoms with Crippen LogP contribution in [-0.4, -0.2) is 49.4 Å². The highest BCUT2D eigenvalue weighted by Gasteiger charge is 2.21. The number of nitrogens with one attached hydrogen (secondary N) is 1. The van der Waals surface area contributed by atoms with E-state index in [-0.39, 0.29) is 24.2 Å². The van der Waals surface area contributed by atoms with E-state index in [2.05, 4.69) is 10.2 Å². The number of anilines is 1. The van der Waals surface area contributed by atoms with Crippen LogP contribution in [0.3, 0.4) is 0 Å². The van der Waals surface area contributed by atoms with Crippen LogP contribution in [0.25, 0.3) is 0 Å². The van der Waals surface area contributed by atoms with Crippen molar-refractivity contribution in [1.82, 2.24) is 10.2 Å². The third-order valence-corrected chi connectivity index (χ3v) is 3.74. The molecule has 1 aromatic rings. The fourth-order valence-electron chi connectivity index (χ4n) is 2.47. The van der Waals surface area contributed by atoms with Crippen molar-refractivity contribution < 1.29 is 14.0 Å². The summed E-state index contributed by atoms with van der Waals surface area (Å²) in [6, 6.07) is 6.38. The molecule has 0 bridgehead atoms. The monoisotopic (exact) mass is 307 g/mol. The molecule has 0 aliphatic carbocycles. The Morgan fingerprint density at radius 2 is 1.77 bits per heavy atom. The van der Waals surface area contributed by atoms with Gasteiger partial charge < -0.3 is 15.1 Å². The maximum atomic E-state index is 12.9. The van der Waals surface area contributed by atoms with Crippen LogP contribution in [-0.2, 0) is 9.59 Å². The SMILES string of the molecule is CCCC(=O)NCC(=O)N1CCN(c2ccc(F)cc2)CC1. The molecule has 1 aromatic carbocycles. The molecule has 1 saturated heterocycles. The van der Waals surface area contributed by atoms with Gasteiger partial charge in [-0.3, -0.25) is 9.59 Å². The van der Waals surface area contributed by atoms with Crippen molar-refractivity contribution in [2.24, 2.45) is 0 Å². The maximum absolute atomic E-state index is 12.9. The van der Waals surface area contributed by atoms with Crippen molar-refractivity contribution >= 4 is 17.5 Å². The van der Waals surface area contributed by atoms with Crippen LogP contribution in [0.2, 0.25) is 0 Å². The minimum absolute atomic E-state index is 0.0526. The number of amides is 2. The highest BCUT2D eigenvalue weighted by atomic mass is 19.1. The van der Waals surface area contributed by atoms with Gasteiger partial charge in [-0.15, -0.1) is 0 Å². The zero-order valence-electron chi connectivity index (χ0n) is 12.8. The zero-order chi connectivity index (χ0) is 15.9. The van der Waals surface area contributed by atoms with Gasteiger partial charge in [0.1, 0.15) is 5.82 Å². The van der Waals surface area contributed by atoms with Gasteiger partial charge in [-0.1, -0.05) is 6.92 Å². The number of hydrogen-bond donors (Lipinski definition) is 1. The lowest BCUT2D eigenvalue weighted by Gasteiger charge is -2.36. The molecule has 5 nitrogen and oxygen atoms in total. The van der Waals surface area contributed by atoms with Gasteiger partial charge in [-0.2, -0.15) is 0 Å². The van der Waals surface area contributed by atoms with Crippen LogP contribution in [0.1, 0.15) is 19.8 Å². The van der Waals surface area contributed by atoms with Crippen LogP contribution in [0.5, 0.6) is 0 Å². The van der Waals surface area contributed by atoms with Gasteiger partial charge in [-0.05, 0) is 30.7 Å². The smallest absolute Gasteiger partial charge is 0.242 e. The number of halogens is 1. The lowest BCUT2D eigenvalue weighted by Crippen LogP contribution is -2.51. The normalized spacial score (nSPS) is 14.8. The number of carbonyl (C=O) groups is 2. The molecule has 1 aliphatic heterocycles. The Labute approximate surface area is 130 Å². The van der Waals surface area contributed by atoms with E-state index in [0.717, 1.165) is 12.1 Å². The largest absolute Gasteiger partial charge is 0.368 e. The molecule has 1 heterocycles. The Morgan fingerprint density at radius 1 is 1.14 bits per heavy atom. The molecular weight excluding hydrogens is 285 g/mol. The average Bonchev–Trinajstić information content (AvgIpc) is 2.54. The van der Waals surface area contributed by atoms with E-state index in [1.54, 1.807) is 17.0 Å². The number of hydrogen-bond acceptors (Lipinski definition) is 3. The Bertz CT molecular complexity index is 511. The van der Waals surface area contributed by atoms with Crippen LogP contribution >= 0.6 is 0 Å². The topological polar surface area (TPSA) is 52.7 Å². The van der Waals surface area contributed by atoms with Crippen molar-refractivity contribution in [3.8, 4) is 0 Å². The van der Waals surface area contributed by atoms with Gasteiger partial charge in [0.15, 0.2) is 0 Å². The zero-order valence-corrected chi connectivity index (χ0v) is 12.8. The van der Waals surface area contributed by atoms with E-state index in [9.17, 15) is 14.0 Å². The summed E-state index contributed by atoms with van der Waals surface area (Å²) in [4.78, 5) is 27.3. The molecule has 0 saturated carbocycles. The first-order valence-electron chi connectivity index (χ1n) is 7.65. The molecule has 1 N–H and O–H groups in total. The molecule has 0 spiro atoms. The number of nitrogens with zero attached hydrogens (tertiary/aromatic N) is 2. The lowest BCUT2D eigenvalue weighted by molar-refractivity contribution is -0.133. The fraction of sp³-hybridized carbons (Fsp3) is 0.500. The first-order valence-corrected chi connectivity index (χ1v) is 7.65. The predicted octanol–water partition coefficient (Wildman–Crippen LogP) is 1.39. The van der Waals surface area contributed by atoms with Gasteiger partial charge >= 0.3 is 0 Å². The summed E-state index contributed by atoms with van der Waals surface area (Å²) in [6.45, 7) is 4.63. The van der Waals surface area contributed by atoms with E-state index in [1.807, 2.05) is 6.92 Å². The van der Waals surface area contributed by atoms with Gasteiger partial charge in [0, 0.05) is 38.3 Å². The standard InChI is InChI=1S/C16H22FN3O2/c1-2-3-15(21)18-12-16(22)20-10-8-19(9-11-20)14-6-4-13(17)5-7-14/h4-7H,2-3,8-12H2,1H3,(H,18,21). The van der Waals surface area contributed by atoms with Crippen LogP contribution < -0.4 is 10.2 Å². The fourth-order valence-corrected chi connectivity index (χ4v) is 2.47. The number of rotatable bonds is 5. The molecule has 1 aliphatic rings. The molecule has 120 valence electrons. The summed E-state index contributed by atoms with van der Waals surface area (Å²) >= 11 is 0. The Morgan fingerprint density at radius 3 is 2.36 bits per heavy atom. The first-order chi connectivity index (χ1) is 10.6. The molecule has 0 aromatic heterocycles. The number of benzene rings is 1. The minimum Gasteiger partial charge on any atom is -0.368 e. The Kier molecular flexibility index (Phi) is 5.75. The van der Waals surface area contributed by atoms with Crippen molar-refractivity contribution in [2.75, 3.05) is 37.6 Å². The third kappa shape index (κ3) is 4.44. The maximum Gasteiger partial charge on any atom is 0.242 e.